The molecule has 7 heteroatoms. The Labute approximate surface area is 181 Å². The number of hydrogen-bond donors (Lipinski definition) is 1. The molecule has 1 unspecified atom stereocenters. The van der Waals surface area contributed by atoms with Crippen LogP contribution in [0.25, 0.3) is 11.3 Å². The largest absolute Gasteiger partial charge is 0.497 e. The Morgan fingerprint density at radius 3 is 2.63 bits per heavy atom. The lowest BCUT2D eigenvalue weighted by Gasteiger charge is -2.29. The number of benzene rings is 1. The van der Waals surface area contributed by atoms with Gasteiger partial charge in [0.1, 0.15) is 5.75 Å². The summed E-state index contributed by atoms with van der Waals surface area (Å²) in [6, 6.07) is 9.93. The van der Waals surface area contributed by atoms with Crippen molar-refractivity contribution in [1.29, 1.82) is 0 Å². The molecule has 30 heavy (non-hydrogen) atoms. The van der Waals surface area contributed by atoms with E-state index in [9.17, 15) is 4.79 Å². The first-order chi connectivity index (χ1) is 14.6. The number of likely N-dealkylation sites (N-methyl/N-ethyl adjacent to an activating group) is 1. The van der Waals surface area contributed by atoms with E-state index in [0.29, 0.717) is 31.0 Å². The molecule has 1 N–H and O–H groups in total. The van der Waals surface area contributed by atoms with Crippen molar-refractivity contribution in [2.75, 3.05) is 26.7 Å². The highest BCUT2D eigenvalue weighted by molar-refractivity contribution is 7.07. The number of amides is 1. The fraction of sp³-hybridized carbons (Fsp3) is 0.391. The van der Waals surface area contributed by atoms with Gasteiger partial charge in [0, 0.05) is 24.9 Å². The average Bonchev–Trinajstić information content (AvgIpc) is 3.47. The molecule has 3 aromatic rings. The summed E-state index contributed by atoms with van der Waals surface area (Å²) in [7, 11) is 1.64. The van der Waals surface area contributed by atoms with Crippen molar-refractivity contribution in [1.82, 2.24) is 15.2 Å². The molecule has 0 saturated heterocycles. The van der Waals surface area contributed by atoms with Gasteiger partial charge in [-0.15, -0.1) is 0 Å². The number of rotatable bonds is 11. The maximum Gasteiger partial charge on any atom is 0.220 e. The predicted molar refractivity (Wildman–Crippen MR) is 120 cm³/mol. The summed E-state index contributed by atoms with van der Waals surface area (Å²) >= 11 is 1.68. The Morgan fingerprint density at radius 1 is 1.23 bits per heavy atom. The van der Waals surface area contributed by atoms with Crippen LogP contribution in [0.4, 0.5) is 0 Å². The van der Waals surface area contributed by atoms with Crippen LogP contribution in [-0.4, -0.2) is 42.5 Å². The number of oxazole rings is 1. The fourth-order valence-electron chi connectivity index (χ4n) is 3.42. The maximum atomic E-state index is 12.4. The molecule has 1 aromatic carbocycles. The van der Waals surface area contributed by atoms with Crippen LogP contribution < -0.4 is 10.1 Å². The minimum Gasteiger partial charge on any atom is -0.497 e. The Hall–Kier alpha value is -2.64. The van der Waals surface area contributed by atoms with Gasteiger partial charge in [0.15, 0.2) is 11.7 Å². The van der Waals surface area contributed by atoms with Crippen molar-refractivity contribution < 1.29 is 13.9 Å². The second-order valence-electron chi connectivity index (χ2n) is 6.94. The normalized spacial score (nSPS) is 12.1. The smallest absolute Gasteiger partial charge is 0.220 e. The van der Waals surface area contributed by atoms with Gasteiger partial charge < -0.3 is 14.5 Å². The maximum absolute atomic E-state index is 12.4. The number of aryl methyl sites for hydroxylation is 1. The van der Waals surface area contributed by atoms with E-state index in [1.807, 2.05) is 24.3 Å². The average molecular weight is 428 g/mol. The molecule has 2 heterocycles. The van der Waals surface area contributed by atoms with E-state index in [4.69, 9.17) is 9.15 Å². The molecule has 1 amide bonds. The molecule has 0 bridgehead atoms. The van der Waals surface area contributed by atoms with Gasteiger partial charge in [-0.05, 0) is 59.7 Å². The highest BCUT2D eigenvalue weighted by atomic mass is 32.1. The van der Waals surface area contributed by atoms with Gasteiger partial charge in [0.2, 0.25) is 5.91 Å². The first-order valence-corrected chi connectivity index (χ1v) is 11.2. The molecular formula is C23H29N3O3S. The molecule has 1 atom stereocenters. The van der Waals surface area contributed by atoms with Crippen LogP contribution in [0.2, 0.25) is 0 Å². The van der Waals surface area contributed by atoms with E-state index >= 15 is 0 Å². The zero-order valence-electron chi connectivity index (χ0n) is 17.8. The van der Waals surface area contributed by atoms with Crippen LogP contribution >= 0.6 is 11.3 Å². The van der Waals surface area contributed by atoms with Crippen molar-refractivity contribution in [3.63, 3.8) is 0 Å². The Morgan fingerprint density at radius 2 is 2.00 bits per heavy atom. The second kappa shape index (κ2) is 10.9. The first-order valence-electron chi connectivity index (χ1n) is 10.3. The SMILES string of the molecule is CCN(CC)C(CNC(=O)CCc1ncc(-c2ccc(OC)cc2)o1)c1ccsc1. The summed E-state index contributed by atoms with van der Waals surface area (Å²) in [5.41, 5.74) is 2.18. The summed E-state index contributed by atoms with van der Waals surface area (Å²) < 4.78 is 11.0. The summed E-state index contributed by atoms with van der Waals surface area (Å²) in [6.07, 6.45) is 2.51. The Balaban J connectivity index is 1.52. The van der Waals surface area contributed by atoms with Crippen LogP contribution in [-0.2, 0) is 11.2 Å². The second-order valence-corrected chi connectivity index (χ2v) is 7.72. The highest BCUT2D eigenvalue weighted by Crippen LogP contribution is 2.24. The standard InChI is InChI=1S/C23H29N3O3S/c1-4-26(5-2)20(18-12-13-30-16-18)14-24-22(27)10-11-23-25-15-21(29-23)17-6-8-19(28-3)9-7-17/h6-9,12-13,15-16,20H,4-5,10-11,14H2,1-3H3,(H,24,27). The topological polar surface area (TPSA) is 67.6 Å². The minimum absolute atomic E-state index is 0.00610. The van der Waals surface area contributed by atoms with E-state index in [-0.39, 0.29) is 11.9 Å². The molecule has 6 nitrogen and oxygen atoms in total. The van der Waals surface area contributed by atoms with Gasteiger partial charge in [0.05, 0.1) is 19.3 Å². The minimum atomic E-state index is 0.00610. The molecule has 0 aliphatic rings. The monoisotopic (exact) mass is 427 g/mol. The number of carbonyl (C=O) groups is 1. The van der Waals surface area contributed by atoms with Crippen LogP contribution in [0.1, 0.15) is 37.8 Å². The third-order valence-corrected chi connectivity index (χ3v) is 5.87. The molecular weight excluding hydrogens is 398 g/mol. The lowest BCUT2D eigenvalue weighted by atomic mass is 10.1. The molecule has 2 aromatic heterocycles. The summed E-state index contributed by atoms with van der Waals surface area (Å²) in [4.78, 5) is 19.1. The number of nitrogens with zero attached hydrogens (tertiary/aromatic N) is 2. The number of hydrogen-bond acceptors (Lipinski definition) is 6. The molecule has 0 aliphatic heterocycles. The Bertz CT molecular complexity index is 902. The predicted octanol–water partition coefficient (Wildman–Crippen LogP) is 4.54. The van der Waals surface area contributed by atoms with Crippen molar-refractivity contribution in [2.24, 2.45) is 0 Å². The summed E-state index contributed by atoms with van der Waals surface area (Å²) in [6.45, 7) is 6.77. The lowest BCUT2D eigenvalue weighted by molar-refractivity contribution is -0.121. The van der Waals surface area contributed by atoms with Crippen LogP contribution in [0.15, 0.2) is 51.7 Å². The van der Waals surface area contributed by atoms with Gasteiger partial charge in [-0.3, -0.25) is 9.69 Å². The van der Waals surface area contributed by atoms with Crippen molar-refractivity contribution in [2.45, 2.75) is 32.7 Å². The first kappa shape index (κ1) is 22.1. The van der Waals surface area contributed by atoms with E-state index in [1.165, 1.54) is 5.56 Å². The molecule has 0 aliphatic carbocycles. The third-order valence-electron chi connectivity index (χ3n) is 5.17. The van der Waals surface area contributed by atoms with Crippen LogP contribution in [0.3, 0.4) is 0 Å². The number of ether oxygens (including phenoxy) is 1. The molecule has 0 radical (unpaired) electrons. The molecule has 160 valence electrons. The van der Waals surface area contributed by atoms with Crippen LogP contribution in [0.5, 0.6) is 5.75 Å². The fourth-order valence-corrected chi connectivity index (χ4v) is 4.13. The Kier molecular flexibility index (Phi) is 8.04. The zero-order valence-corrected chi connectivity index (χ0v) is 18.6. The van der Waals surface area contributed by atoms with Gasteiger partial charge in [0.25, 0.3) is 0 Å². The van der Waals surface area contributed by atoms with E-state index in [2.05, 4.69) is 45.9 Å². The number of aromatic nitrogens is 1. The van der Waals surface area contributed by atoms with Gasteiger partial charge >= 0.3 is 0 Å². The number of methoxy groups -OCH3 is 1. The highest BCUT2D eigenvalue weighted by Gasteiger charge is 2.19. The quantitative estimate of drug-likeness (QED) is 0.486. The van der Waals surface area contributed by atoms with E-state index in [0.717, 1.165) is 24.4 Å². The van der Waals surface area contributed by atoms with E-state index < -0.39 is 0 Å². The van der Waals surface area contributed by atoms with Gasteiger partial charge in [-0.2, -0.15) is 11.3 Å². The molecule has 3 rings (SSSR count). The third kappa shape index (κ3) is 5.70. The van der Waals surface area contributed by atoms with Crippen molar-refractivity contribution in [3.8, 4) is 17.1 Å². The number of thiophene rings is 1. The number of nitrogens with one attached hydrogen (secondary N) is 1. The zero-order chi connectivity index (χ0) is 21.3. The summed E-state index contributed by atoms with van der Waals surface area (Å²) in [5, 5.41) is 7.32. The molecule has 0 spiro atoms. The summed E-state index contributed by atoms with van der Waals surface area (Å²) in [5.74, 6) is 2.05. The molecule has 0 fully saturated rings. The molecule has 0 saturated carbocycles. The van der Waals surface area contributed by atoms with Gasteiger partial charge in [-0.25, -0.2) is 4.98 Å². The van der Waals surface area contributed by atoms with Crippen LogP contribution in [0, 0.1) is 0 Å². The van der Waals surface area contributed by atoms with Crippen molar-refractivity contribution in [3.05, 3.63) is 58.7 Å². The number of carbonyl (C=O) groups excluding carboxylic acids is 1. The van der Waals surface area contributed by atoms with Crippen molar-refractivity contribution >= 4 is 17.2 Å². The van der Waals surface area contributed by atoms with Gasteiger partial charge in [-0.1, -0.05) is 13.8 Å². The lowest BCUT2D eigenvalue weighted by Crippen LogP contribution is -2.38. The van der Waals surface area contributed by atoms with E-state index in [1.54, 1.807) is 24.6 Å².